The van der Waals surface area contributed by atoms with Crippen LogP contribution in [0.2, 0.25) is 0 Å². The molecule has 5 nitrogen and oxygen atoms in total. The summed E-state index contributed by atoms with van der Waals surface area (Å²) in [5.41, 5.74) is 6.65. The molecule has 6 rings (SSSR count). The van der Waals surface area contributed by atoms with Gasteiger partial charge in [0.15, 0.2) is 17.3 Å². The van der Waals surface area contributed by atoms with Gasteiger partial charge in [-0.15, -0.1) is 0 Å². The molecule has 0 bridgehead atoms. The molecule has 3 aliphatic rings. The van der Waals surface area contributed by atoms with E-state index in [4.69, 9.17) is 9.47 Å². The summed E-state index contributed by atoms with van der Waals surface area (Å²) < 4.78 is 11.0. The highest BCUT2D eigenvalue weighted by Crippen LogP contribution is 2.45. The lowest BCUT2D eigenvalue weighted by atomic mass is 9.75. The van der Waals surface area contributed by atoms with Crippen molar-refractivity contribution in [2.24, 2.45) is 0 Å². The van der Waals surface area contributed by atoms with Gasteiger partial charge in [-0.1, -0.05) is 29.8 Å². The third kappa shape index (κ3) is 3.17. The number of anilines is 1. The fourth-order valence-corrected chi connectivity index (χ4v) is 5.02. The number of ketones is 1. The van der Waals surface area contributed by atoms with Gasteiger partial charge in [-0.3, -0.25) is 9.78 Å². The van der Waals surface area contributed by atoms with Gasteiger partial charge in [0.1, 0.15) is 0 Å². The Labute approximate surface area is 180 Å². The number of rotatable bonds is 2. The van der Waals surface area contributed by atoms with E-state index in [0.717, 1.165) is 46.7 Å². The number of carbonyl (C=O) groups excluding carboxylic acids is 1. The minimum atomic E-state index is -0.160. The molecular formula is C26H22N2O3. The van der Waals surface area contributed by atoms with Crippen LogP contribution in [0.25, 0.3) is 0 Å². The van der Waals surface area contributed by atoms with Crippen LogP contribution in [0.15, 0.2) is 78.1 Å². The number of hydrogen-bond donors (Lipinski definition) is 1. The fraction of sp³-hybridized carbons (Fsp3) is 0.231. The monoisotopic (exact) mass is 410 g/mol. The molecule has 1 aromatic heterocycles. The fourth-order valence-electron chi connectivity index (χ4n) is 5.02. The lowest BCUT2D eigenvalue weighted by molar-refractivity contribution is -0.116. The van der Waals surface area contributed by atoms with E-state index in [9.17, 15) is 4.79 Å². The highest BCUT2D eigenvalue weighted by atomic mass is 16.7. The van der Waals surface area contributed by atoms with Crippen LogP contribution in [0.3, 0.4) is 0 Å². The van der Waals surface area contributed by atoms with Crippen molar-refractivity contribution in [1.82, 2.24) is 4.98 Å². The van der Waals surface area contributed by atoms with Gasteiger partial charge in [0.2, 0.25) is 6.79 Å². The Morgan fingerprint density at radius 2 is 1.74 bits per heavy atom. The van der Waals surface area contributed by atoms with Crippen molar-refractivity contribution in [3.05, 3.63) is 94.8 Å². The molecule has 3 heterocycles. The Balaban J connectivity index is 1.43. The Morgan fingerprint density at radius 3 is 2.65 bits per heavy atom. The number of nitrogens with one attached hydrogen (secondary N) is 1. The summed E-state index contributed by atoms with van der Waals surface area (Å²) in [6.45, 7) is 0.258. The second-order valence-electron chi connectivity index (χ2n) is 8.35. The zero-order valence-electron chi connectivity index (χ0n) is 17.0. The van der Waals surface area contributed by atoms with Gasteiger partial charge in [0, 0.05) is 30.1 Å². The van der Waals surface area contributed by atoms with Crippen molar-refractivity contribution in [1.29, 1.82) is 0 Å². The molecule has 0 spiro atoms. The molecule has 154 valence electrons. The first-order valence-corrected chi connectivity index (χ1v) is 10.7. The molecule has 0 saturated heterocycles. The first kappa shape index (κ1) is 18.2. The van der Waals surface area contributed by atoms with Crippen molar-refractivity contribution < 1.29 is 14.3 Å². The quantitative estimate of drug-likeness (QED) is 0.647. The number of aromatic nitrogens is 1. The molecule has 2 atom stereocenters. The predicted octanol–water partition coefficient (Wildman–Crippen LogP) is 4.96. The van der Waals surface area contributed by atoms with Crippen molar-refractivity contribution in [3.8, 4) is 11.5 Å². The van der Waals surface area contributed by atoms with Crippen LogP contribution < -0.4 is 14.8 Å². The summed E-state index contributed by atoms with van der Waals surface area (Å²) in [6, 6.07) is 18.2. The van der Waals surface area contributed by atoms with E-state index in [2.05, 4.69) is 34.6 Å². The predicted molar refractivity (Wildman–Crippen MR) is 117 cm³/mol. The first-order valence-electron chi connectivity index (χ1n) is 10.7. The van der Waals surface area contributed by atoms with E-state index in [0.29, 0.717) is 6.42 Å². The SMILES string of the molecule is O=C1CC(c2ccc3c(c2)OCO3)CC2=C1C(c1ccncc1)Nc1ccccc1C2. The smallest absolute Gasteiger partial charge is 0.231 e. The summed E-state index contributed by atoms with van der Waals surface area (Å²) >= 11 is 0. The van der Waals surface area contributed by atoms with Gasteiger partial charge in [0.05, 0.1) is 6.04 Å². The van der Waals surface area contributed by atoms with Gasteiger partial charge in [-0.25, -0.2) is 0 Å². The Morgan fingerprint density at radius 1 is 0.903 bits per heavy atom. The molecule has 1 aliphatic carbocycles. The lowest BCUT2D eigenvalue weighted by Crippen LogP contribution is -2.25. The number of nitrogens with zero attached hydrogens (tertiary/aromatic N) is 1. The number of benzene rings is 2. The highest BCUT2D eigenvalue weighted by molar-refractivity contribution is 6.00. The van der Waals surface area contributed by atoms with E-state index >= 15 is 0 Å². The summed E-state index contributed by atoms with van der Waals surface area (Å²) in [6.07, 6.45) is 5.72. The number of allylic oxidation sites excluding steroid dienone is 1. The first-order chi connectivity index (χ1) is 15.3. The van der Waals surface area contributed by atoms with E-state index in [1.54, 1.807) is 12.4 Å². The standard InChI is InChI=1S/C26H22N2O3/c29-22-13-19(17-5-6-23-24(14-17)31-15-30-23)12-20-11-18-3-1-2-4-21(18)28-26(25(20)22)16-7-9-27-10-8-16/h1-10,14,19,26,28H,11-13,15H2. The van der Waals surface area contributed by atoms with Crippen molar-refractivity contribution in [3.63, 3.8) is 0 Å². The Kier molecular flexibility index (Phi) is 4.27. The maximum atomic E-state index is 13.6. The highest BCUT2D eigenvalue weighted by Gasteiger charge is 2.36. The molecule has 0 radical (unpaired) electrons. The average Bonchev–Trinajstić information content (AvgIpc) is 3.20. The molecular weight excluding hydrogens is 388 g/mol. The van der Waals surface area contributed by atoms with Gasteiger partial charge in [0.25, 0.3) is 0 Å². The molecule has 0 amide bonds. The lowest BCUT2D eigenvalue weighted by Gasteiger charge is -2.30. The van der Waals surface area contributed by atoms with Gasteiger partial charge < -0.3 is 14.8 Å². The number of ether oxygens (including phenoxy) is 2. The number of para-hydroxylation sites is 1. The Bertz CT molecular complexity index is 1200. The number of fused-ring (bicyclic) bond motifs is 2. The second-order valence-corrected chi connectivity index (χ2v) is 8.35. The van der Waals surface area contributed by atoms with E-state index in [-0.39, 0.29) is 24.5 Å². The van der Waals surface area contributed by atoms with Crippen LogP contribution in [0.5, 0.6) is 11.5 Å². The minimum absolute atomic E-state index is 0.143. The summed E-state index contributed by atoms with van der Waals surface area (Å²) in [4.78, 5) is 17.7. The van der Waals surface area contributed by atoms with Crippen molar-refractivity contribution >= 4 is 11.5 Å². The van der Waals surface area contributed by atoms with Crippen LogP contribution in [-0.4, -0.2) is 17.6 Å². The summed E-state index contributed by atoms with van der Waals surface area (Å²) in [5.74, 6) is 1.90. The van der Waals surface area contributed by atoms with Crippen molar-refractivity contribution in [2.45, 2.75) is 31.2 Å². The van der Waals surface area contributed by atoms with Crippen LogP contribution in [0, 0.1) is 0 Å². The molecule has 2 aliphatic heterocycles. The molecule has 31 heavy (non-hydrogen) atoms. The largest absolute Gasteiger partial charge is 0.454 e. The van der Waals surface area contributed by atoms with Crippen LogP contribution >= 0.6 is 0 Å². The zero-order chi connectivity index (χ0) is 20.8. The molecule has 0 fully saturated rings. The van der Waals surface area contributed by atoms with Crippen LogP contribution in [-0.2, 0) is 11.2 Å². The van der Waals surface area contributed by atoms with Gasteiger partial charge >= 0.3 is 0 Å². The second kappa shape index (κ2) is 7.27. The topological polar surface area (TPSA) is 60.5 Å². The van der Waals surface area contributed by atoms with E-state index in [1.807, 2.05) is 30.3 Å². The third-order valence-electron chi connectivity index (χ3n) is 6.52. The molecule has 1 N–H and O–H groups in total. The van der Waals surface area contributed by atoms with E-state index in [1.165, 1.54) is 11.1 Å². The number of hydrogen-bond acceptors (Lipinski definition) is 5. The maximum absolute atomic E-state index is 13.6. The summed E-state index contributed by atoms with van der Waals surface area (Å²) in [7, 11) is 0. The van der Waals surface area contributed by atoms with Gasteiger partial charge in [-0.05, 0) is 65.8 Å². The van der Waals surface area contributed by atoms with E-state index < -0.39 is 0 Å². The average molecular weight is 410 g/mol. The van der Waals surface area contributed by atoms with Gasteiger partial charge in [-0.2, -0.15) is 0 Å². The minimum Gasteiger partial charge on any atom is -0.454 e. The number of pyridine rings is 1. The van der Waals surface area contributed by atoms with Crippen molar-refractivity contribution in [2.75, 3.05) is 12.1 Å². The molecule has 5 heteroatoms. The Hall–Kier alpha value is -3.60. The molecule has 2 unspecified atom stereocenters. The molecule has 0 saturated carbocycles. The normalized spacial score (nSPS) is 21.7. The number of carbonyl (C=O) groups is 1. The molecule has 3 aromatic rings. The summed E-state index contributed by atoms with van der Waals surface area (Å²) in [5, 5.41) is 3.65. The van der Waals surface area contributed by atoms with Crippen LogP contribution in [0.1, 0.15) is 41.5 Å². The third-order valence-corrected chi connectivity index (χ3v) is 6.52. The zero-order valence-corrected chi connectivity index (χ0v) is 17.0. The van der Waals surface area contributed by atoms with Crippen LogP contribution in [0.4, 0.5) is 5.69 Å². The number of Topliss-reactive ketones (excluding diaryl/α,β-unsaturated/α-hetero) is 1. The molecule has 2 aromatic carbocycles. The maximum Gasteiger partial charge on any atom is 0.231 e.